The van der Waals surface area contributed by atoms with Crippen LogP contribution in [0.1, 0.15) is 30.9 Å². The number of unbranched alkanes of at least 4 members (excludes halogenated alkanes) is 1. The van der Waals surface area contributed by atoms with Gasteiger partial charge in [-0.3, -0.25) is 0 Å². The zero-order valence-electron chi connectivity index (χ0n) is 14.5. The fourth-order valence-electron chi connectivity index (χ4n) is 2.01. The van der Waals surface area contributed by atoms with Crippen molar-refractivity contribution in [3.05, 3.63) is 65.2 Å². The number of amidine groups is 1. The Hall–Kier alpha value is -2.41. The van der Waals surface area contributed by atoms with E-state index >= 15 is 0 Å². The molecule has 0 saturated heterocycles. The molecular weight excluding hydrogens is 356 g/mol. The number of hydrogen-bond donors (Lipinski definition) is 1. The van der Waals surface area contributed by atoms with E-state index in [0.717, 1.165) is 30.7 Å². The summed E-state index contributed by atoms with van der Waals surface area (Å²) in [5, 5.41) is 7.68. The normalized spacial score (nSPS) is 11.9. The number of ether oxygens (including phenoxy) is 1. The number of thioether (sulfide) groups is 1. The molecule has 2 rings (SSSR count). The lowest BCUT2D eigenvalue weighted by molar-refractivity contribution is 0.293. The number of nitrogens with two attached hydrogens (primary N) is 1. The van der Waals surface area contributed by atoms with Crippen LogP contribution in [0.15, 0.2) is 52.7 Å². The monoisotopic (exact) mass is 377 g/mol. The van der Waals surface area contributed by atoms with Gasteiger partial charge >= 0.3 is 0 Å². The van der Waals surface area contributed by atoms with Crippen LogP contribution in [-0.4, -0.2) is 18.0 Å². The van der Waals surface area contributed by atoms with E-state index in [-0.39, 0.29) is 16.5 Å². The quantitative estimate of drug-likeness (QED) is 0.313. The third-order valence-corrected chi connectivity index (χ3v) is 4.27. The molecule has 7 heteroatoms. The minimum Gasteiger partial charge on any atom is -0.490 e. The highest BCUT2D eigenvalue weighted by molar-refractivity contribution is 8.13. The van der Waals surface area contributed by atoms with Gasteiger partial charge in [0.25, 0.3) is 0 Å². The molecule has 0 saturated carbocycles. The molecule has 0 unspecified atom stereocenters. The first-order valence-corrected chi connectivity index (χ1v) is 9.24. The van der Waals surface area contributed by atoms with E-state index in [4.69, 9.17) is 10.5 Å². The van der Waals surface area contributed by atoms with E-state index in [1.54, 1.807) is 0 Å². The molecule has 2 N–H and O–H groups in total. The molecule has 0 bridgehead atoms. The van der Waals surface area contributed by atoms with Gasteiger partial charge < -0.3 is 10.5 Å². The van der Waals surface area contributed by atoms with Crippen molar-refractivity contribution in [2.75, 3.05) is 6.61 Å². The zero-order chi connectivity index (χ0) is 18.8. The van der Waals surface area contributed by atoms with Crippen LogP contribution in [-0.2, 0) is 5.75 Å². The standard InChI is InChI=1S/C19H21F2N3OS/c1-2-3-11-25-17-10-9-16(20)15(18(17)21)12-23-24-19(22)26-13-14-7-5-4-6-8-14/h4-10,12H,2-3,11,13H2,1H3,(H2,22,24). The third-order valence-electron chi connectivity index (χ3n) is 3.42. The molecule has 0 radical (unpaired) electrons. The van der Waals surface area contributed by atoms with Gasteiger partial charge in [-0.05, 0) is 24.1 Å². The van der Waals surface area contributed by atoms with E-state index < -0.39 is 11.6 Å². The largest absolute Gasteiger partial charge is 0.490 e. The summed E-state index contributed by atoms with van der Waals surface area (Å²) in [7, 11) is 0. The zero-order valence-corrected chi connectivity index (χ0v) is 15.3. The maximum absolute atomic E-state index is 14.3. The minimum atomic E-state index is -0.796. The molecule has 0 spiro atoms. The van der Waals surface area contributed by atoms with Crippen molar-refractivity contribution in [3.63, 3.8) is 0 Å². The maximum Gasteiger partial charge on any atom is 0.180 e. The van der Waals surface area contributed by atoms with E-state index in [1.807, 2.05) is 37.3 Å². The molecule has 4 nitrogen and oxygen atoms in total. The summed E-state index contributed by atoms with van der Waals surface area (Å²) in [5.41, 5.74) is 6.55. The lowest BCUT2D eigenvalue weighted by Crippen LogP contribution is -2.06. The van der Waals surface area contributed by atoms with Crippen LogP contribution in [0.2, 0.25) is 0 Å². The van der Waals surface area contributed by atoms with Crippen LogP contribution >= 0.6 is 11.8 Å². The van der Waals surface area contributed by atoms with Gasteiger partial charge in [0.1, 0.15) is 5.82 Å². The van der Waals surface area contributed by atoms with Crippen molar-refractivity contribution in [1.82, 2.24) is 0 Å². The van der Waals surface area contributed by atoms with E-state index in [0.29, 0.717) is 12.4 Å². The van der Waals surface area contributed by atoms with Crippen molar-refractivity contribution >= 4 is 23.1 Å². The van der Waals surface area contributed by atoms with Gasteiger partial charge in [0.2, 0.25) is 0 Å². The molecule has 0 amide bonds. The molecule has 0 atom stereocenters. The number of hydrogen-bond acceptors (Lipinski definition) is 4. The lowest BCUT2D eigenvalue weighted by Gasteiger charge is -2.08. The van der Waals surface area contributed by atoms with Crippen molar-refractivity contribution in [3.8, 4) is 5.75 Å². The summed E-state index contributed by atoms with van der Waals surface area (Å²) in [6.07, 6.45) is 2.72. The molecule has 26 heavy (non-hydrogen) atoms. The Morgan fingerprint density at radius 1 is 1.19 bits per heavy atom. The Morgan fingerprint density at radius 2 is 1.96 bits per heavy atom. The third kappa shape index (κ3) is 6.15. The summed E-state index contributed by atoms with van der Waals surface area (Å²) in [4.78, 5) is 0. The molecule has 0 fully saturated rings. The molecule has 0 aliphatic carbocycles. The van der Waals surface area contributed by atoms with Crippen LogP contribution in [0.3, 0.4) is 0 Å². The first kappa shape index (κ1) is 19.9. The van der Waals surface area contributed by atoms with E-state index in [2.05, 4.69) is 10.2 Å². The molecule has 0 aliphatic rings. The second-order valence-electron chi connectivity index (χ2n) is 5.43. The Morgan fingerprint density at radius 3 is 2.69 bits per heavy atom. The van der Waals surface area contributed by atoms with Crippen molar-refractivity contribution in [1.29, 1.82) is 0 Å². The smallest absolute Gasteiger partial charge is 0.180 e. The maximum atomic E-state index is 14.3. The fourth-order valence-corrected chi connectivity index (χ4v) is 2.62. The Bertz CT molecular complexity index is 767. The number of nitrogens with zero attached hydrogens (tertiary/aromatic N) is 2. The molecular formula is C19H21F2N3OS. The second-order valence-corrected chi connectivity index (χ2v) is 6.43. The van der Waals surface area contributed by atoms with Crippen LogP contribution in [0, 0.1) is 11.6 Å². The van der Waals surface area contributed by atoms with Crippen LogP contribution < -0.4 is 10.5 Å². The summed E-state index contributed by atoms with van der Waals surface area (Å²) in [5.74, 6) is -0.901. The Labute approximate surface area is 156 Å². The molecule has 0 aliphatic heterocycles. The number of benzene rings is 2. The van der Waals surface area contributed by atoms with Crippen molar-refractivity contribution in [2.45, 2.75) is 25.5 Å². The van der Waals surface area contributed by atoms with E-state index in [9.17, 15) is 8.78 Å². The predicted molar refractivity (Wildman–Crippen MR) is 104 cm³/mol. The Balaban J connectivity index is 2.00. The highest BCUT2D eigenvalue weighted by atomic mass is 32.2. The minimum absolute atomic E-state index is 0.00305. The lowest BCUT2D eigenvalue weighted by atomic mass is 10.2. The summed E-state index contributed by atoms with van der Waals surface area (Å²) in [6.45, 7) is 2.37. The molecule has 0 heterocycles. The van der Waals surface area contributed by atoms with Crippen LogP contribution in [0.25, 0.3) is 0 Å². The highest BCUT2D eigenvalue weighted by Gasteiger charge is 2.13. The highest BCUT2D eigenvalue weighted by Crippen LogP contribution is 2.22. The van der Waals surface area contributed by atoms with Crippen LogP contribution in [0.5, 0.6) is 5.75 Å². The average Bonchev–Trinajstić information content (AvgIpc) is 2.65. The number of halogens is 2. The van der Waals surface area contributed by atoms with Crippen molar-refractivity contribution < 1.29 is 13.5 Å². The fraction of sp³-hybridized carbons (Fsp3) is 0.263. The predicted octanol–water partition coefficient (Wildman–Crippen LogP) is 4.73. The first-order valence-electron chi connectivity index (χ1n) is 8.25. The van der Waals surface area contributed by atoms with Crippen LogP contribution in [0.4, 0.5) is 8.78 Å². The van der Waals surface area contributed by atoms with Gasteiger partial charge in [-0.2, -0.15) is 5.10 Å². The van der Waals surface area contributed by atoms with Gasteiger partial charge in [-0.1, -0.05) is 55.4 Å². The molecule has 0 aromatic heterocycles. The molecule has 2 aromatic carbocycles. The Kier molecular flexibility index (Phi) is 8.08. The van der Waals surface area contributed by atoms with Gasteiger partial charge in [-0.25, -0.2) is 8.78 Å². The SMILES string of the molecule is CCCCOc1ccc(F)c(C=NN=C(N)SCc2ccccc2)c1F. The van der Waals surface area contributed by atoms with Gasteiger partial charge in [-0.15, -0.1) is 5.10 Å². The average molecular weight is 377 g/mol. The summed E-state index contributed by atoms with van der Waals surface area (Å²) >= 11 is 1.29. The molecule has 2 aromatic rings. The summed E-state index contributed by atoms with van der Waals surface area (Å²) in [6, 6.07) is 12.1. The van der Waals surface area contributed by atoms with Crippen molar-refractivity contribution in [2.24, 2.45) is 15.9 Å². The first-order chi connectivity index (χ1) is 12.6. The van der Waals surface area contributed by atoms with Gasteiger partial charge in [0.05, 0.1) is 18.4 Å². The molecule has 138 valence electrons. The second kappa shape index (κ2) is 10.6. The van der Waals surface area contributed by atoms with Gasteiger partial charge in [0.15, 0.2) is 16.7 Å². The topological polar surface area (TPSA) is 60.0 Å². The van der Waals surface area contributed by atoms with E-state index in [1.165, 1.54) is 17.8 Å². The number of rotatable bonds is 8. The van der Waals surface area contributed by atoms with Gasteiger partial charge in [0, 0.05) is 5.75 Å². The summed E-state index contributed by atoms with van der Waals surface area (Å²) < 4.78 is 33.5.